The molecule has 0 saturated heterocycles. The van der Waals surface area contributed by atoms with Gasteiger partial charge in [-0.05, 0) is 43.9 Å². The number of benzene rings is 1. The van der Waals surface area contributed by atoms with Crippen LogP contribution in [0.3, 0.4) is 0 Å². The van der Waals surface area contributed by atoms with Gasteiger partial charge in [0.25, 0.3) is 5.91 Å². The molecule has 1 aromatic rings. The van der Waals surface area contributed by atoms with Crippen LogP contribution in [0.5, 0.6) is 0 Å². The van der Waals surface area contributed by atoms with E-state index in [1.165, 1.54) is 12.1 Å². The van der Waals surface area contributed by atoms with Crippen molar-refractivity contribution in [2.45, 2.75) is 50.6 Å². The van der Waals surface area contributed by atoms with Crippen molar-refractivity contribution < 1.29 is 22.7 Å². The zero-order valence-electron chi connectivity index (χ0n) is 14.9. The zero-order valence-corrected chi connectivity index (χ0v) is 16.5. The third-order valence-corrected chi connectivity index (χ3v) is 6.08. The monoisotopic (exact) mass is 402 g/mol. The molecule has 0 radical (unpaired) electrons. The number of hydrogen-bond acceptors (Lipinski definition) is 5. The van der Waals surface area contributed by atoms with E-state index in [4.69, 9.17) is 16.3 Å². The van der Waals surface area contributed by atoms with Gasteiger partial charge in [-0.15, -0.1) is 0 Å². The molecule has 1 aromatic carbocycles. The van der Waals surface area contributed by atoms with Crippen LogP contribution in [0.2, 0.25) is 5.02 Å². The van der Waals surface area contributed by atoms with Crippen LogP contribution in [-0.2, 0) is 19.6 Å². The molecule has 0 aromatic heterocycles. The Hall–Kier alpha value is -1.64. The normalized spacial score (nSPS) is 15.6. The average molecular weight is 403 g/mol. The quantitative estimate of drug-likeness (QED) is 0.648. The first kappa shape index (κ1) is 20.7. The molecule has 1 fully saturated rings. The number of halogens is 1. The third-order valence-electron chi connectivity index (χ3n) is 4.08. The summed E-state index contributed by atoms with van der Waals surface area (Å²) in [7, 11) is -3.81. The molecule has 0 bridgehead atoms. The first-order valence-corrected chi connectivity index (χ1v) is 10.2. The van der Waals surface area contributed by atoms with Crippen molar-refractivity contribution in [2.75, 3.05) is 6.61 Å². The first-order chi connectivity index (χ1) is 12.1. The number of carbonyl (C=O) groups excluding carboxylic acids is 2. The largest absolute Gasteiger partial charge is 0.452 e. The van der Waals surface area contributed by atoms with Crippen LogP contribution in [0.25, 0.3) is 0 Å². The van der Waals surface area contributed by atoms with E-state index < -0.39 is 28.5 Å². The van der Waals surface area contributed by atoms with Crippen molar-refractivity contribution in [2.24, 2.45) is 5.92 Å². The van der Waals surface area contributed by atoms with Crippen molar-refractivity contribution in [3.05, 3.63) is 28.8 Å². The van der Waals surface area contributed by atoms with Gasteiger partial charge in [-0.2, -0.15) is 0 Å². The van der Waals surface area contributed by atoms with Crippen molar-refractivity contribution in [1.82, 2.24) is 10.0 Å². The summed E-state index contributed by atoms with van der Waals surface area (Å²) < 4.78 is 32.1. The molecule has 144 valence electrons. The number of ether oxygens (including phenoxy) is 1. The molecule has 1 atom stereocenters. The van der Waals surface area contributed by atoms with Crippen molar-refractivity contribution >= 4 is 33.5 Å². The molecule has 26 heavy (non-hydrogen) atoms. The molecule has 1 aliphatic rings. The number of sulfonamides is 1. The lowest BCUT2D eigenvalue weighted by atomic mass is 10.1. The maximum atomic E-state index is 12.3. The molecule has 9 heteroatoms. The van der Waals surface area contributed by atoms with Crippen molar-refractivity contribution in [3.8, 4) is 0 Å². The summed E-state index contributed by atoms with van der Waals surface area (Å²) in [4.78, 5) is 23.7. The predicted octanol–water partition coefficient (Wildman–Crippen LogP) is 2.10. The van der Waals surface area contributed by atoms with Crippen LogP contribution in [-0.4, -0.2) is 39.0 Å². The fourth-order valence-electron chi connectivity index (χ4n) is 2.00. The number of carbonyl (C=O) groups is 2. The Balaban J connectivity index is 2.03. The van der Waals surface area contributed by atoms with Crippen LogP contribution in [0.1, 0.15) is 44.0 Å². The van der Waals surface area contributed by atoms with E-state index >= 15 is 0 Å². The molecule has 0 spiro atoms. The fraction of sp³-hybridized carbons (Fsp3) is 0.529. The smallest absolute Gasteiger partial charge is 0.338 e. The lowest BCUT2D eigenvalue weighted by Crippen LogP contribution is -2.38. The highest BCUT2D eigenvalue weighted by Crippen LogP contribution is 2.27. The van der Waals surface area contributed by atoms with E-state index in [-0.39, 0.29) is 33.5 Å². The van der Waals surface area contributed by atoms with E-state index in [9.17, 15) is 18.0 Å². The highest BCUT2D eigenvalue weighted by atomic mass is 35.5. The number of amides is 1. The van der Waals surface area contributed by atoms with E-state index in [0.717, 1.165) is 18.9 Å². The van der Waals surface area contributed by atoms with E-state index in [2.05, 4.69) is 10.0 Å². The Kier molecular flexibility index (Phi) is 6.65. The minimum atomic E-state index is -3.81. The number of esters is 1. The van der Waals surface area contributed by atoms with Gasteiger partial charge in [0.05, 0.1) is 10.6 Å². The molecule has 0 aliphatic heterocycles. The van der Waals surface area contributed by atoms with Gasteiger partial charge in [-0.3, -0.25) is 4.79 Å². The first-order valence-electron chi connectivity index (χ1n) is 8.38. The Morgan fingerprint density at radius 2 is 1.92 bits per heavy atom. The number of nitrogens with one attached hydrogen (secondary N) is 2. The van der Waals surface area contributed by atoms with Gasteiger partial charge in [0.1, 0.15) is 4.90 Å². The molecule has 2 rings (SSSR count). The third kappa shape index (κ3) is 5.69. The Labute approximate surface area is 158 Å². The molecule has 2 N–H and O–H groups in total. The standard InChI is InChI=1S/C17H23ClN2O5S/c1-10(2)11(3)19-16(21)9-25-17(22)12-4-7-14(18)15(8-12)26(23,24)20-13-5-6-13/h4,7-8,10-11,13,20H,5-6,9H2,1-3H3,(H,19,21)/t11-/m1/s1. The van der Waals surface area contributed by atoms with Gasteiger partial charge in [-0.1, -0.05) is 25.4 Å². The van der Waals surface area contributed by atoms with Crippen LogP contribution in [0.15, 0.2) is 23.1 Å². The van der Waals surface area contributed by atoms with E-state index in [0.29, 0.717) is 0 Å². The molecule has 1 amide bonds. The number of hydrogen-bond donors (Lipinski definition) is 2. The van der Waals surface area contributed by atoms with Gasteiger partial charge < -0.3 is 10.1 Å². The maximum Gasteiger partial charge on any atom is 0.338 e. The summed E-state index contributed by atoms with van der Waals surface area (Å²) >= 11 is 5.97. The van der Waals surface area contributed by atoms with Crippen LogP contribution >= 0.6 is 11.6 Å². The molecule has 1 aliphatic carbocycles. The second-order valence-corrected chi connectivity index (χ2v) is 8.81. The van der Waals surface area contributed by atoms with Gasteiger partial charge in [0, 0.05) is 12.1 Å². The zero-order chi connectivity index (χ0) is 19.5. The average Bonchev–Trinajstić information content (AvgIpc) is 3.35. The summed E-state index contributed by atoms with van der Waals surface area (Å²) in [6, 6.07) is 3.69. The maximum absolute atomic E-state index is 12.3. The summed E-state index contributed by atoms with van der Waals surface area (Å²) in [5.41, 5.74) is 0.00952. The predicted molar refractivity (Wildman–Crippen MR) is 97.5 cm³/mol. The van der Waals surface area contributed by atoms with Gasteiger partial charge >= 0.3 is 5.97 Å². The number of rotatable bonds is 8. The topological polar surface area (TPSA) is 102 Å². The van der Waals surface area contributed by atoms with E-state index in [1.807, 2.05) is 20.8 Å². The van der Waals surface area contributed by atoms with Crippen LogP contribution in [0, 0.1) is 5.92 Å². The fourth-order valence-corrected chi connectivity index (χ4v) is 3.83. The molecule has 0 heterocycles. The summed E-state index contributed by atoms with van der Waals surface area (Å²) in [6.45, 7) is 5.33. The molecule has 0 unspecified atom stereocenters. The second kappa shape index (κ2) is 8.37. The van der Waals surface area contributed by atoms with Crippen molar-refractivity contribution in [3.63, 3.8) is 0 Å². The second-order valence-electron chi connectivity index (χ2n) is 6.72. The SMILES string of the molecule is CC(C)[C@@H](C)NC(=O)COC(=O)c1ccc(Cl)c(S(=O)(=O)NC2CC2)c1. The molecule has 1 saturated carbocycles. The lowest BCUT2D eigenvalue weighted by Gasteiger charge is -2.17. The Morgan fingerprint density at radius 1 is 1.27 bits per heavy atom. The van der Waals surface area contributed by atoms with Crippen LogP contribution in [0.4, 0.5) is 0 Å². The van der Waals surface area contributed by atoms with Gasteiger partial charge in [0.15, 0.2) is 6.61 Å². The van der Waals surface area contributed by atoms with Gasteiger partial charge in [0.2, 0.25) is 10.0 Å². The van der Waals surface area contributed by atoms with E-state index in [1.54, 1.807) is 0 Å². The summed E-state index contributed by atoms with van der Waals surface area (Å²) in [5, 5.41) is 2.73. The minimum Gasteiger partial charge on any atom is -0.452 e. The van der Waals surface area contributed by atoms with Crippen molar-refractivity contribution in [1.29, 1.82) is 0 Å². The van der Waals surface area contributed by atoms with Crippen LogP contribution < -0.4 is 10.0 Å². The summed E-state index contributed by atoms with van der Waals surface area (Å²) in [6.07, 6.45) is 1.56. The lowest BCUT2D eigenvalue weighted by molar-refractivity contribution is -0.125. The molecular weight excluding hydrogens is 380 g/mol. The highest BCUT2D eigenvalue weighted by Gasteiger charge is 2.29. The molecule has 7 nitrogen and oxygen atoms in total. The Bertz CT molecular complexity index is 790. The Morgan fingerprint density at radius 3 is 2.50 bits per heavy atom. The minimum absolute atomic E-state index is 0.00952. The molecular formula is C17H23ClN2O5S. The summed E-state index contributed by atoms with van der Waals surface area (Å²) in [5.74, 6) is -0.966. The highest BCUT2D eigenvalue weighted by molar-refractivity contribution is 7.89. The van der Waals surface area contributed by atoms with Gasteiger partial charge in [-0.25, -0.2) is 17.9 Å².